The van der Waals surface area contributed by atoms with Crippen LogP contribution >= 0.6 is 15.9 Å². The van der Waals surface area contributed by atoms with Gasteiger partial charge in [-0.3, -0.25) is 14.8 Å². The molecule has 0 unspecified atom stereocenters. The Morgan fingerprint density at radius 3 is 2.91 bits per heavy atom. The van der Waals surface area contributed by atoms with Crippen molar-refractivity contribution in [3.63, 3.8) is 0 Å². The first kappa shape index (κ1) is 15.6. The Labute approximate surface area is 139 Å². The monoisotopic (exact) mass is 381 g/mol. The van der Waals surface area contributed by atoms with E-state index in [0.717, 1.165) is 0 Å². The molecule has 8 nitrogen and oxygen atoms in total. The number of carboxylic acids is 1. The van der Waals surface area contributed by atoms with Crippen molar-refractivity contribution in [2.75, 3.05) is 13.2 Å². The number of rotatable bonds is 4. The van der Waals surface area contributed by atoms with Crippen molar-refractivity contribution in [1.82, 2.24) is 9.78 Å². The largest absolute Gasteiger partial charge is 0.478 e. The van der Waals surface area contributed by atoms with Gasteiger partial charge in [0, 0.05) is 17.1 Å². The second-order valence-electron chi connectivity index (χ2n) is 5.09. The molecular formula is C14H12BrN3O5. The lowest BCUT2D eigenvalue weighted by molar-refractivity contribution is -0.384. The number of carboxylic acid groups (broad SMARTS) is 1. The van der Waals surface area contributed by atoms with Gasteiger partial charge in [0.25, 0.3) is 5.69 Å². The number of nitrogens with zero attached hydrogens (tertiary/aromatic N) is 3. The van der Waals surface area contributed by atoms with Crippen molar-refractivity contribution < 1.29 is 19.6 Å². The van der Waals surface area contributed by atoms with Gasteiger partial charge in [-0.15, -0.1) is 0 Å². The van der Waals surface area contributed by atoms with Crippen LogP contribution in [0.15, 0.2) is 28.9 Å². The van der Waals surface area contributed by atoms with Crippen molar-refractivity contribution in [2.45, 2.75) is 12.5 Å². The smallest absolute Gasteiger partial charge is 0.339 e. The average molecular weight is 382 g/mol. The van der Waals surface area contributed by atoms with E-state index in [9.17, 15) is 20.0 Å². The molecule has 0 bridgehead atoms. The van der Waals surface area contributed by atoms with Crippen LogP contribution in [0.2, 0.25) is 0 Å². The predicted molar refractivity (Wildman–Crippen MR) is 83.4 cm³/mol. The van der Waals surface area contributed by atoms with Gasteiger partial charge in [-0.25, -0.2) is 4.79 Å². The second-order valence-corrected chi connectivity index (χ2v) is 6.01. The lowest BCUT2D eigenvalue weighted by Crippen LogP contribution is -2.13. The number of nitro groups is 1. The molecule has 0 spiro atoms. The highest BCUT2D eigenvalue weighted by Gasteiger charge is 2.29. The van der Waals surface area contributed by atoms with E-state index in [-0.39, 0.29) is 28.6 Å². The molecule has 23 heavy (non-hydrogen) atoms. The first-order valence-corrected chi connectivity index (χ1v) is 7.61. The van der Waals surface area contributed by atoms with E-state index in [4.69, 9.17) is 4.74 Å². The molecule has 1 fully saturated rings. The van der Waals surface area contributed by atoms with Crippen LogP contribution < -0.4 is 0 Å². The molecule has 0 saturated carbocycles. The Balaban J connectivity index is 2.24. The van der Waals surface area contributed by atoms with E-state index in [0.29, 0.717) is 24.1 Å². The van der Waals surface area contributed by atoms with E-state index in [1.54, 1.807) is 6.07 Å². The number of halogens is 1. The summed E-state index contributed by atoms with van der Waals surface area (Å²) in [6.45, 7) is 0.951. The van der Waals surface area contributed by atoms with Crippen LogP contribution in [0.1, 0.15) is 22.8 Å². The minimum Gasteiger partial charge on any atom is -0.478 e. The molecule has 1 aliphatic heterocycles. The van der Waals surface area contributed by atoms with Crippen molar-refractivity contribution in [3.8, 4) is 11.3 Å². The molecule has 2 aromatic rings. The van der Waals surface area contributed by atoms with Crippen LogP contribution in [0, 0.1) is 10.1 Å². The molecule has 1 saturated heterocycles. The van der Waals surface area contributed by atoms with Crippen molar-refractivity contribution in [1.29, 1.82) is 0 Å². The number of nitro benzene ring substituents is 1. The highest BCUT2D eigenvalue weighted by molar-refractivity contribution is 9.10. The van der Waals surface area contributed by atoms with Gasteiger partial charge in [-0.05, 0) is 18.6 Å². The zero-order chi connectivity index (χ0) is 16.6. The maximum atomic E-state index is 11.5. The quantitative estimate of drug-likeness (QED) is 0.644. The summed E-state index contributed by atoms with van der Waals surface area (Å²) in [6, 6.07) is 4.37. The van der Waals surface area contributed by atoms with Crippen LogP contribution in [0.3, 0.4) is 0 Å². The standard InChI is InChI=1S/C14H12BrN3O5/c15-8-1-2-10(12(5-8)18(21)22)13-11(14(19)20)6-16-17(13)9-3-4-23-7-9/h1-2,5-6,9H,3-4,7H2,(H,19,20)/t9-/m0/s1. The fourth-order valence-electron chi connectivity index (χ4n) is 2.64. The van der Waals surface area contributed by atoms with Gasteiger partial charge in [0.2, 0.25) is 0 Å². The van der Waals surface area contributed by atoms with Crippen LogP contribution in [-0.2, 0) is 4.74 Å². The van der Waals surface area contributed by atoms with Crippen LogP contribution in [0.25, 0.3) is 11.3 Å². The Kier molecular flexibility index (Phi) is 4.14. The normalized spacial score (nSPS) is 17.3. The third kappa shape index (κ3) is 2.84. The Morgan fingerprint density at radius 2 is 2.30 bits per heavy atom. The summed E-state index contributed by atoms with van der Waals surface area (Å²) < 4.78 is 7.38. The van der Waals surface area contributed by atoms with Gasteiger partial charge in [0.05, 0.1) is 35.0 Å². The number of aromatic nitrogens is 2. The SMILES string of the molecule is O=C(O)c1cnn([C@H]2CCOC2)c1-c1ccc(Br)cc1[N+](=O)[O-]. The Morgan fingerprint density at radius 1 is 1.52 bits per heavy atom. The lowest BCUT2D eigenvalue weighted by atomic mass is 10.0. The number of benzene rings is 1. The minimum absolute atomic E-state index is 0.0673. The second kappa shape index (κ2) is 6.09. The maximum absolute atomic E-state index is 11.5. The van der Waals surface area contributed by atoms with Crippen molar-refractivity contribution >= 4 is 27.6 Å². The van der Waals surface area contributed by atoms with E-state index in [1.165, 1.54) is 23.0 Å². The molecule has 9 heteroatoms. The topological polar surface area (TPSA) is 107 Å². The highest BCUT2D eigenvalue weighted by Crippen LogP contribution is 2.36. The highest BCUT2D eigenvalue weighted by atomic mass is 79.9. The maximum Gasteiger partial charge on any atom is 0.339 e. The van der Waals surface area contributed by atoms with Crippen LogP contribution in [0.4, 0.5) is 5.69 Å². The summed E-state index contributed by atoms with van der Waals surface area (Å²) in [4.78, 5) is 22.3. The number of aromatic carboxylic acids is 1. The summed E-state index contributed by atoms with van der Waals surface area (Å²) >= 11 is 3.20. The number of hydrogen-bond donors (Lipinski definition) is 1. The Hall–Kier alpha value is -2.26. The van der Waals surface area contributed by atoms with Crippen molar-refractivity contribution in [3.05, 3.63) is 44.5 Å². The minimum atomic E-state index is -1.18. The predicted octanol–water partition coefficient (Wildman–Crippen LogP) is 2.88. The molecule has 1 atom stereocenters. The molecule has 1 N–H and O–H groups in total. The first-order chi connectivity index (χ1) is 11.0. The summed E-state index contributed by atoms with van der Waals surface area (Å²) in [5.41, 5.74) is 0.206. The van der Waals surface area contributed by atoms with Crippen LogP contribution in [0.5, 0.6) is 0 Å². The van der Waals surface area contributed by atoms with E-state index < -0.39 is 10.9 Å². The number of carbonyl (C=O) groups is 1. The van der Waals surface area contributed by atoms with Gasteiger partial charge in [0.1, 0.15) is 5.56 Å². The molecule has 3 rings (SSSR count). The molecule has 1 aromatic heterocycles. The molecular weight excluding hydrogens is 370 g/mol. The van der Waals surface area contributed by atoms with Crippen LogP contribution in [-0.4, -0.2) is 39.0 Å². The zero-order valence-electron chi connectivity index (χ0n) is 11.8. The lowest BCUT2D eigenvalue weighted by Gasteiger charge is -2.14. The van der Waals surface area contributed by atoms with Crippen molar-refractivity contribution in [2.24, 2.45) is 0 Å². The number of hydrogen-bond acceptors (Lipinski definition) is 5. The molecule has 2 heterocycles. The molecule has 0 radical (unpaired) electrons. The average Bonchev–Trinajstić information content (AvgIpc) is 3.15. The summed E-state index contributed by atoms with van der Waals surface area (Å²) in [7, 11) is 0. The summed E-state index contributed by atoms with van der Waals surface area (Å²) in [5, 5.41) is 24.9. The van der Waals surface area contributed by atoms with Gasteiger partial charge in [0.15, 0.2) is 0 Å². The van der Waals surface area contributed by atoms with E-state index in [2.05, 4.69) is 21.0 Å². The van der Waals surface area contributed by atoms with Gasteiger partial charge in [-0.1, -0.05) is 15.9 Å². The van der Waals surface area contributed by atoms with Gasteiger partial charge >= 0.3 is 5.97 Å². The molecule has 120 valence electrons. The van der Waals surface area contributed by atoms with Gasteiger partial charge in [-0.2, -0.15) is 5.10 Å². The fourth-order valence-corrected chi connectivity index (χ4v) is 2.98. The summed E-state index contributed by atoms with van der Waals surface area (Å²) in [6.07, 6.45) is 1.90. The third-order valence-electron chi connectivity index (χ3n) is 3.69. The molecule has 1 aromatic carbocycles. The zero-order valence-corrected chi connectivity index (χ0v) is 13.4. The molecule has 0 aliphatic carbocycles. The first-order valence-electron chi connectivity index (χ1n) is 6.82. The summed E-state index contributed by atoms with van der Waals surface area (Å²) in [5.74, 6) is -1.18. The van der Waals surface area contributed by atoms with E-state index >= 15 is 0 Å². The molecule has 0 amide bonds. The number of ether oxygens (including phenoxy) is 1. The van der Waals surface area contributed by atoms with E-state index in [1.807, 2.05) is 0 Å². The fraction of sp³-hybridized carbons (Fsp3) is 0.286. The third-order valence-corrected chi connectivity index (χ3v) is 4.18. The Bertz CT molecular complexity index is 783. The van der Waals surface area contributed by atoms with Gasteiger partial charge < -0.3 is 9.84 Å². The molecule has 1 aliphatic rings.